The van der Waals surface area contributed by atoms with Crippen LogP contribution in [0.1, 0.15) is 12.5 Å². The van der Waals surface area contributed by atoms with Gasteiger partial charge in [-0.3, -0.25) is 13.9 Å². The number of hydrogen-bond acceptors (Lipinski definition) is 4. The fourth-order valence-electron chi connectivity index (χ4n) is 2.89. The first-order valence-corrected chi connectivity index (χ1v) is 11.7. The second-order valence-corrected chi connectivity index (χ2v) is 9.48. The van der Waals surface area contributed by atoms with E-state index in [1.165, 1.54) is 31.0 Å². The van der Waals surface area contributed by atoms with E-state index in [0.29, 0.717) is 15.6 Å². The third kappa shape index (κ3) is 6.32. The van der Waals surface area contributed by atoms with Crippen LogP contribution in [0.3, 0.4) is 0 Å². The fraction of sp³-hybridized carbons (Fsp3) is 0.300. The molecule has 11 heteroatoms. The second-order valence-electron chi connectivity index (χ2n) is 6.76. The van der Waals surface area contributed by atoms with E-state index in [1.807, 2.05) is 0 Å². The summed E-state index contributed by atoms with van der Waals surface area (Å²) in [6, 6.07) is 8.72. The molecule has 0 aliphatic carbocycles. The number of anilines is 1. The molecule has 0 spiro atoms. The van der Waals surface area contributed by atoms with Crippen molar-refractivity contribution in [3.05, 3.63) is 63.9 Å². The molecule has 2 aromatic carbocycles. The first kappa shape index (κ1) is 24.9. The van der Waals surface area contributed by atoms with E-state index in [9.17, 15) is 22.4 Å². The lowest BCUT2D eigenvalue weighted by atomic mass is 10.1. The van der Waals surface area contributed by atoms with E-state index in [-0.39, 0.29) is 12.2 Å². The van der Waals surface area contributed by atoms with Gasteiger partial charge in [0.05, 0.1) is 11.9 Å². The summed E-state index contributed by atoms with van der Waals surface area (Å²) >= 11 is 12.4. The van der Waals surface area contributed by atoms with Gasteiger partial charge in [-0.2, -0.15) is 0 Å². The molecule has 0 heterocycles. The van der Waals surface area contributed by atoms with Gasteiger partial charge < -0.3 is 10.2 Å². The van der Waals surface area contributed by atoms with Crippen LogP contribution in [0.25, 0.3) is 0 Å². The van der Waals surface area contributed by atoms with Crippen molar-refractivity contribution in [1.82, 2.24) is 10.2 Å². The highest BCUT2D eigenvalue weighted by Gasteiger charge is 2.30. The quantitative estimate of drug-likeness (QED) is 0.617. The number of carbonyl (C=O) groups excluding carboxylic acids is 2. The molecule has 1 atom stereocenters. The van der Waals surface area contributed by atoms with E-state index in [2.05, 4.69) is 5.32 Å². The van der Waals surface area contributed by atoms with E-state index in [0.717, 1.165) is 22.7 Å². The maximum Gasteiger partial charge on any atom is 0.244 e. The van der Waals surface area contributed by atoms with Gasteiger partial charge in [-0.25, -0.2) is 12.8 Å². The summed E-state index contributed by atoms with van der Waals surface area (Å²) in [6.45, 7) is 0.715. The van der Waals surface area contributed by atoms with E-state index >= 15 is 0 Å². The largest absolute Gasteiger partial charge is 0.357 e. The van der Waals surface area contributed by atoms with Crippen molar-refractivity contribution in [2.75, 3.05) is 24.2 Å². The molecule has 168 valence electrons. The van der Waals surface area contributed by atoms with Crippen molar-refractivity contribution in [3.63, 3.8) is 0 Å². The third-order valence-corrected chi connectivity index (χ3v) is 6.43. The van der Waals surface area contributed by atoms with Crippen LogP contribution in [0.4, 0.5) is 10.1 Å². The zero-order chi connectivity index (χ0) is 23.3. The first-order chi connectivity index (χ1) is 14.5. The molecule has 31 heavy (non-hydrogen) atoms. The van der Waals surface area contributed by atoms with Gasteiger partial charge in [-0.15, -0.1) is 0 Å². The van der Waals surface area contributed by atoms with E-state index in [1.54, 1.807) is 18.2 Å². The number of carbonyl (C=O) groups is 2. The van der Waals surface area contributed by atoms with Gasteiger partial charge in [0.15, 0.2) is 0 Å². The smallest absolute Gasteiger partial charge is 0.244 e. The summed E-state index contributed by atoms with van der Waals surface area (Å²) in [5.41, 5.74) is 0.394. The molecule has 0 radical (unpaired) electrons. The fourth-order valence-corrected chi connectivity index (χ4v) is 4.25. The predicted molar refractivity (Wildman–Crippen MR) is 119 cm³/mol. The lowest BCUT2D eigenvalue weighted by Crippen LogP contribution is -2.50. The summed E-state index contributed by atoms with van der Waals surface area (Å²) < 4.78 is 39.1. The number of nitrogens with zero attached hydrogens (tertiary/aromatic N) is 2. The van der Waals surface area contributed by atoms with Crippen molar-refractivity contribution in [1.29, 1.82) is 0 Å². The topological polar surface area (TPSA) is 86.8 Å². The number of likely N-dealkylation sites (N-methyl/N-ethyl adjacent to an activating group) is 1. The van der Waals surface area contributed by atoms with Crippen LogP contribution in [0.15, 0.2) is 42.5 Å². The lowest BCUT2D eigenvalue weighted by Gasteiger charge is -2.31. The van der Waals surface area contributed by atoms with Crippen LogP contribution in [-0.2, 0) is 26.2 Å². The highest BCUT2D eigenvalue weighted by molar-refractivity contribution is 7.92. The van der Waals surface area contributed by atoms with Crippen LogP contribution in [0, 0.1) is 5.82 Å². The number of halogens is 3. The molecule has 2 aromatic rings. The highest BCUT2D eigenvalue weighted by atomic mass is 35.5. The Morgan fingerprint density at radius 1 is 1.13 bits per heavy atom. The van der Waals surface area contributed by atoms with Crippen LogP contribution < -0.4 is 9.62 Å². The molecule has 1 unspecified atom stereocenters. The van der Waals surface area contributed by atoms with Crippen LogP contribution >= 0.6 is 23.2 Å². The Labute approximate surface area is 190 Å². The van der Waals surface area contributed by atoms with Crippen molar-refractivity contribution >= 4 is 50.7 Å². The molecule has 0 bridgehead atoms. The van der Waals surface area contributed by atoms with Crippen molar-refractivity contribution in [2.45, 2.75) is 19.5 Å². The zero-order valence-electron chi connectivity index (χ0n) is 17.1. The summed E-state index contributed by atoms with van der Waals surface area (Å²) in [5, 5.41) is 3.04. The Balaban J connectivity index is 2.44. The third-order valence-electron chi connectivity index (χ3n) is 4.58. The highest BCUT2D eigenvalue weighted by Crippen LogP contribution is 2.27. The predicted octanol–water partition coefficient (Wildman–Crippen LogP) is 3.06. The Bertz CT molecular complexity index is 1060. The van der Waals surface area contributed by atoms with Crippen molar-refractivity contribution in [2.24, 2.45) is 0 Å². The molecule has 2 rings (SSSR count). The first-order valence-electron chi connectivity index (χ1n) is 9.13. The monoisotopic (exact) mass is 489 g/mol. The van der Waals surface area contributed by atoms with Gasteiger partial charge in [-0.05, 0) is 37.3 Å². The summed E-state index contributed by atoms with van der Waals surface area (Å²) in [7, 11) is -2.52. The van der Waals surface area contributed by atoms with E-state index < -0.39 is 40.2 Å². The number of benzene rings is 2. The van der Waals surface area contributed by atoms with Gasteiger partial charge >= 0.3 is 0 Å². The minimum Gasteiger partial charge on any atom is -0.357 e. The molecule has 7 nitrogen and oxygen atoms in total. The molecule has 0 aliphatic heterocycles. The molecular weight excluding hydrogens is 468 g/mol. The number of amides is 2. The maximum absolute atomic E-state index is 13.7. The molecule has 0 saturated carbocycles. The normalized spacial score (nSPS) is 12.2. The van der Waals surface area contributed by atoms with Gasteiger partial charge in [0, 0.05) is 29.2 Å². The Hall–Kier alpha value is -2.36. The summed E-state index contributed by atoms with van der Waals surface area (Å²) in [6.07, 6.45) is 0.905. The molecule has 0 aliphatic rings. The van der Waals surface area contributed by atoms with Gasteiger partial charge in [0.25, 0.3) is 0 Å². The van der Waals surface area contributed by atoms with Gasteiger partial charge in [0.1, 0.15) is 18.4 Å². The number of nitrogens with one attached hydrogen (secondary N) is 1. The maximum atomic E-state index is 13.7. The summed E-state index contributed by atoms with van der Waals surface area (Å²) in [4.78, 5) is 26.6. The molecular formula is C20H22Cl2FN3O4S. The molecule has 1 N–H and O–H groups in total. The average Bonchev–Trinajstić information content (AvgIpc) is 2.69. The van der Waals surface area contributed by atoms with Crippen LogP contribution in [-0.4, -0.2) is 51.0 Å². The van der Waals surface area contributed by atoms with E-state index in [4.69, 9.17) is 23.2 Å². The molecule has 0 fully saturated rings. The van der Waals surface area contributed by atoms with Crippen LogP contribution in [0.2, 0.25) is 10.0 Å². The van der Waals surface area contributed by atoms with Crippen molar-refractivity contribution in [3.8, 4) is 0 Å². The van der Waals surface area contributed by atoms with Gasteiger partial charge in [-0.1, -0.05) is 35.3 Å². The summed E-state index contributed by atoms with van der Waals surface area (Å²) in [5.74, 6) is -1.81. The van der Waals surface area contributed by atoms with Gasteiger partial charge in [0.2, 0.25) is 21.8 Å². The molecule has 0 aromatic heterocycles. The Morgan fingerprint density at radius 2 is 1.71 bits per heavy atom. The minimum atomic E-state index is -3.94. The number of sulfonamides is 1. The number of rotatable bonds is 8. The lowest BCUT2D eigenvalue weighted by molar-refractivity contribution is -0.139. The zero-order valence-corrected chi connectivity index (χ0v) is 19.4. The Kier molecular flexibility index (Phi) is 8.27. The molecule has 2 amide bonds. The number of hydrogen-bond donors (Lipinski definition) is 1. The second kappa shape index (κ2) is 10.3. The van der Waals surface area contributed by atoms with Crippen molar-refractivity contribution < 1.29 is 22.4 Å². The van der Waals surface area contributed by atoms with Crippen LogP contribution in [0.5, 0.6) is 0 Å². The molecule has 0 saturated heterocycles. The Morgan fingerprint density at radius 3 is 2.23 bits per heavy atom. The minimum absolute atomic E-state index is 0.0147. The SMILES string of the molecule is CNC(=O)C(C)N(Cc1c(Cl)cccc1Cl)C(=O)CN(c1cccc(F)c1)S(C)(=O)=O. The standard InChI is InChI=1S/C20H22Cl2FN3O4S/c1-13(20(28)24-2)25(11-16-17(21)8-5-9-18(16)22)19(27)12-26(31(3,29)30)15-7-4-6-14(23)10-15/h4-10,13H,11-12H2,1-3H3,(H,24,28). The average molecular weight is 490 g/mol.